The SMILES string of the molecule is COc1ccccc1N1CCN(CCCn2ccc3cccnc32)CC1. The van der Waals surface area contributed by atoms with Crippen molar-refractivity contribution in [3.8, 4) is 5.75 Å². The van der Waals surface area contributed by atoms with Gasteiger partial charge in [0, 0.05) is 50.5 Å². The lowest BCUT2D eigenvalue weighted by Gasteiger charge is -2.36. The first kappa shape index (κ1) is 16.9. The van der Waals surface area contributed by atoms with Crippen LogP contribution in [0, 0.1) is 0 Å². The molecule has 0 N–H and O–H groups in total. The number of aryl methyl sites for hydroxylation is 1. The molecular formula is C21H26N4O. The highest BCUT2D eigenvalue weighted by Crippen LogP contribution is 2.28. The number of pyridine rings is 1. The molecule has 0 saturated carbocycles. The van der Waals surface area contributed by atoms with Crippen molar-refractivity contribution in [2.75, 3.05) is 44.7 Å². The van der Waals surface area contributed by atoms with Crippen molar-refractivity contribution in [1.82, 2.24) is 14.5 Å². The summed E-state index contributed by atoms with van der Waals surface area (Å²) in [4.78, 5) is 9.49. The van der Waals surface area contributed by atoms with Gasteiger partial charge in [-0.2, -0.15) is 0 Å². The van der Waals surface area contributed by atoms with E-state index in [1.165, 1.54) is 11.1 Å². The Morgan fingerprint density at radius 3 is 2.65 bits per heavy atom. The van der Waals surface area contributed by atoms with E-state index in [1.807, 2.05) is 24.4 Å². The number of benzene rings is 1. The number of para-hydroxylation sites is 2. The molecule has 1 aromatic carbocycles. The number of ether oxygens (including phenoxy) is 1. The number of methoxy groups -OCH3 is 1. The molecule has 1 fully saturated rings. The lowest BCUT2D eigenvalue weighted by molar-refractivity contribution is 0.250. The van der Waals surface area contributed by atoms with Crippen LogP contribution in [0.2, 0.25) is 0 Å². The summed E-state index contributed by atoms with van der Waals surface area (Å²) < 4.78 is 7.77. The Kier molecular flexibility index (Phi) is 5.07. The molecule has 0 amide bonds. The number of rotatable bonds is 6. The van der Waals surface area contributed by atoms with Crippen LogP contribution >= 0.6 is 0 Å². The number of hydrogen-bond acceptors (Lipinski definition) is 4. The van der Waals surface area contributed by atoms with E-state index in [0.29, 0.717) is 0 Å². The van der Waals surface area contributed by atoms with Crippen LogP contribution in [0.4, 0.5) is 5.69 Å². The fourth-order valence-corrected chi connectivity index (χ4v) is 3.77. The van der Waals surface area contributed by atoms with Crippen molar-refractivity contribution < 1.29 is 4.74 Å². The number of anilines is 1. The lowest BCUT2D eigenvalue weighted by atomic mass is 10.2. The molecule has 4 rings (SSSR count). The first-order valence-corrected chi connectivity index (χ1v) is 9.35. The van der Waals surface area contributed by atoms with Crippen LogP contribution in [-0.4, -0.2) is 54.3 Å². The third-order valence-electron chi connectivity index (χ3n) is 5.19. The van der Waals surface area contributed by atoms with Crippen molar-refractivity contribution in [3.05, 3.63) is 54.9 Å². The molecule has 0 unspecified atom stereocenters. The van der Waals surface area contributed by atoms with Gasteiger partial charge in [0.05, 0.1) is 12.8 Å². The fourth-order valence-electron chi connectivity index (χ4n) is 3.77. The van der Waals surface area contributed by atoms with E-state index in [-0.39, 0.29) is 0 Å². The second kappa shape index (κ2) is 7.79. The second-order valence-corrected chi connectivity index (χ2v) is 6.78. The van der Waals surface area contributed by atoms with Gasteiger partial charge in [-0.1, -0.05) is 12.1 Å². The van der Waals surface area contributed by atoms with E-state index in [2.05, 4.69) is 49.8 Å². The van der Waals surface area contributed by atoms with E-state index in [0.717, 1.165) is 57.1 Å². The van der Waals surface area contributed by atoms with Crippen LogP contribution in [0.3, 0.4) is 0 Å². The van der Waals surface area contributed by atoms with Gasteiger partial charge in [0.15, 0.2) is 0 Å². The molecule has 1 saturated heterocycles. The van der Waals surface area contributed by atoms with Gasteiger partial charge in [-0.05, 0) is 43.3 Å². The van der Waals surface area contributed by atoms with Gasteiger partial charge in [-0.3, -0.25) is 4.90 Å². The number of aromatic nitrogens is 2. The first-order valence-electron chi connectivity index (χ1n) is 9.35. The molecule has 1 aliphatic heterocycles. The maximum Gasteiger partial charge on any atom is 0.142 e. The predicted molar refractivity (Wildman–Crippen MR) is 106 cm³/mol. The van der Waals surface area contributed by atoms with Gasteiger partial charge in [0.2, 0.25) is 0 Å². The molecule has 3 heterocycles. The predicted octanol–water partition coefficient (Wildman–Crippen LogP) is 3.26. The van der Waals surface area contributed by atoms with Crippen LogP contribution in [0.15, 0.2) is 54.9 Å². The molecule has 0 radical (unpaired) electrons. The van der Waals surface area contributed by atoms with Gasteiger partial charge in [-0.15, -0.1) is 0 Å². The van der Waals surface area contributed by atoms with Crippen molar-refractivity contribution in [3.63, 3.8) is 0 Å². The molecule has 5 nitrogen and oxygen atoms in total. The van der Waals surface area contributed by atoms with Gasteiger partial charge < -0.3 is 14.2 Å². The van der Waals surface area contributed by atoms with E-state index >= 15 is 0 Å². The minimum absolute atomic E-state index is 0.966. The number of nitrogens with zero attached hydrogens (tertiary/aromatic N) is 4. The average molecular weight is 350 g/mol. The van der Waals surface area contributed by atoms with E-state index in [9.17, 15) is 0 Å². The quantitative estimate of drug-likeness (QED) is 0.683. The van der Waals surface area contributed by atoms with Crippen LogP contribution in [-0.2, 0) is 6.54 Å². The van der Waals surface area contributed by atoms with Crippen LogP contribution in [0.1, 0.15) is 6.42 Å². The summed E-state index contributed by atoms with van der Waals surface area (Å²) in [7, 11) is 1.74. The van der Waals surface area contributed by atoms with Crippen LogP contribution in [0.25, 0.3) is 11.0 Å². The topological polar surface area (TPSA) is 33.5 Å². The van der Waals surface area contributed by atoms with Gasteiger partial charge in [0.1, 0.15) is 11.4 Å². The standard InChI is InChI=1S/C21H26N4O/c1-26-20-8-3-2-7-19(20)24-16-14-23(15-17-24)11-5-12-25-13-9-18-6-4-10-22-21(18)25/h2-4,6-10,13H,5,11-12,14-17H2,1H3. The normalized spacial score (nSPS) is 15.5. The van der Waals surface area contributed by atoms with Crippen LogP contribution in [0.5, 0.6) is 5.75 Å². The zero-order valence-electron chi connectivity index (χ0n) is 15.3. The number of fused-ring (bicyclic) bond motifs is 1. The molecule has 136 valence electrons. The Morgan fingerprint density at radius 1 is 0.962 bits per heavy atom. The van der Waals surface area contributed by atoms with Gasteiger partial charge in [-0.25, -0.2) is 4.98 Å². The van der Waals surface area contributed by atoms with Crippen molar-refractivity contribution in [2.24, 2.45) is 0 Å². The highest BCUT2D eigenvalue weighted by molar-refractivity contribution is 5.75. The molecule has 2 aromatic heterocycles. The summed E-state index contributed by atoms with van der Waals surface area (Å²) in [5.74, 6) is 0.966. The molecular weight excluding hydrogens is 324 g/mol. The summed E-state index contributed by atoms with van der Waals surface area (Å²) in [5, 5.41) is 1.22. The molecule has 0 aliphatic carbocycles. The zero-order valence-corrected chi connectivity index (χ0v) is 15.3. The molecule has 0 spiro atoms. The van der Waals surface area contributed by atoms with Crippen molar-refractivity contribution in [2.45, 2.75) is 13.0 Å². The van der Waals surface area contributed by atoms with Crippen molar-refractivity contribution >= 4 is 16.7 Å². The monoisotopic (exact) mass is 350 g/mol. The minimum atomic E-state index is 0.966. The Hall–Kier alpha value is -2.53. The average Bonchev–Trinajstić information content (AvgIpc) is 3.12. The Bertz CT molecular complexity index is 852. The molecule has 0 bridgehead atoms. The molecule has 0 atom stereocenters. The van der Waals surface area contributed by atoms with Gasteiger partial charge >= 0.3 is 0 Å². The zero-order chi connectivity index (χ0) is 17.8. The third kappa shape index (κ3) is 3.53. The first-order chi connectivity index (χ1) is 12.8. The van der Waals surface area contributed by atoms with Crippen molar-refractivity contribution in [1.29, 1.82) is 0 Å². The maximum absolute atomic E-state index is 5.50. The lowest BCUT2D eigenvalue weighted by Crippen LogP contribution is -2.46. The molecule has 26 heavy (non-hydrogen) atoms. The minimum Gasteiger partial charge on any atom is -0.495 e. The highest BCUT2D eigenvalue weighted by atomic mass is 16.5. The molecule has 1 aliphatic rings. The highest BCUT2D eigenvalue weighted by Gasteiger charge is 2.19. The van der Waals surface area contributed by atoms with E-state index in [4.69, 9.17) is 4.74 Å². The Balaban J connectivity index is 1.28. The number of piperazine rings is 1. The summed E-state index contributed by atoms with van der Waals surface area (Å²) in [6, 6.07) is 14.6. The molecule has 5 heteroatoms. The largest absolute Gasteiger partial charge is 0.495 e. The summed E-state index contributed by atoms with van der Waals surface area (Å²) in [5.41, 5.74) is 2.30. The van der Waals surface area contributed by atoms with E-state index in [1.54, 1.807) is 7.11 Å². The maximum atomic E-state index is 5.50. The Labute approximate surface area is 154 Å². The fraction of sp³-hybridized carbons (Fsp3) is 0.381. The summed E-state index contributed by atoms with van der Waals surface area (Å²) >= 11 is 0. The second-order valence-electron chi connectivity index (χ2n) is 6.78. The summed E-state index contributed by atoms with van der Waals surface area (Å²) in [6.45, 7) is 6.45. The molecule has 3 aromatic rings. The van der Waals surface area contributed by atoms with Crippen LogP contribution < -0.4 is 9.64 Å². The smallest absolute Gasteiger partial charge is 0.142 e. The summed E-state index contributed by atoms with van der Waals surface area (Å²) in [6.07, 6.45) is 5.17. The Morgan fingerprint density at radius 2 is 1.81 bits per heavy atom. The van der Waals surface area contributed by atoms with Gasteiger partial charge in [0.25, 0.3) is 0 Å². The third-order valence-corrected chi connectivity index (χ3v) is 5.19. The van der Waals surface area contributed by atoms with E-state index < -0.39 is 0 Å². The number of hydrogen-bond donors (Lipinski definition) is 0.